The molecule has 0 radical (unpaired) electrons. The number of rotatable bonds is 15. The summed E-state index contributed by atoms with van der Waals surface area (Å²) in [5, 5.41) is 2.46. The number of aldehydes is 1. The molecular weight excluding hydrogens is 530 g/mol. The first-order valence-electron chi connectivity index (χ1n) is 14.3. The molecule has 0 saturated carbocycles. The van der Waals surface area contributed by atoms with Crippen molar-refractivity contribution < 1.29 is 14.4 Å². The minimum Gasteiger partial charge on any atom is -0.493 e. The molecule has 0 amide bonds. The fraction of sp³-hybridized carbons (Fsp3) is 0.552. The van der Waals surface area contributed by atoms with Crippen molar-refractivity contribution >= 4 is 29.3 Å². The normalized spacial score (nSPS) is 14.5. The van der Waals surface area contributed by atoms with Crippen molar-refractivity contribution in [2.45, 2.75) is 77.2 Å². The number of hydrogen-bond donors (Lipinski definition) is 1. The quantitative estimate of drug-likeness (QED) is 0.0760. The zero-order valence-electron chi connectivity index (χ0n) is 23.6. The minimum atomic E-state index is -0.261. The number of aromatic nitrogens is 3. The molecule has 216 valence electrons. The van der Waals surface area contributed by atoms with E-state index in [0.717, 1.165) is 73.9 Å². The van der Waals surface area contributed by atoms with Gasteiger partial charge in [0.15, 0.2) is 11.6 Å². The lowest BCUT2D eigenvalue weighted by Gasteiger charge is -2.31. The number of hydrogen-bond acceptors (Lipinski definition) is 9. The number of nitrogens with zero attached hydrogens (tertiary/aromatic N) is 4. The molecule has 3 heterocycles. The fourth-order valence-electron chi connectivity index (χ4n) is 5.42. The van der Waals surface area contributed by atoms with E-state index in [1.165, 1.54) is 0 Å². The zero-order valence-corrected chi connectivity index (χ0v) is 24.4. The van der Waals surface area contributed by atoms with Crippen LogP contribution < -0.4 is 10.3 Å². The van der Waals surface area contributed by atoms with E-state index in [-0.39, 0.29) is 5.56 Å². The Morgan fingerprint density at radius 3 is 2.65 bits per heavy atom. The van der Waals surface area contributed by atoms with Crippen LogP contribution in [0, 0.1) is 10.8 Å². The van der Waals surface area contributed by atoms with E-state index in [1.54, 1.807) is 16.5 Å². The summed E-state index contributed by atoms with van der Waals surface area (Å²) in [6.45, 7) is 9.41. The molecule has 0 spiro atoms. The van der Waals surface area contributed by atoms with E-state index in [0.29, 0.717) is 60.4 Å². The highest BCUT2D eigenvalue weighted by Crippen LogP contribution is 2.36. The molecule has 1 aliphatic heterocycles. The Morgan fingerprint density at radius 1 is 1.18 bits per heavy atom. The van der Waals surface area contributed by atoms with Gasteiger partial charge in [-0.05, 0) is 81.5 Å². The van der Waals surface area contributed by atoms with E-state index in [9.17, 15) is 14.5 Å². The van der Waals surface area contributed by atoms with E-state index in [4.69, 9.17) is 9.72 Å². The number of aryl methyl sites for hydroxylation is 2. The molecule has 40 heavy (non-hydrogen) atoms. The molecule has 10 nitrogen and oxygen atoms in total. The number of piperidine rings is 1. The summed E-state index contributed by atoms with van der Waals surface area (Å²) < 4.78 is 10.2. The predicted molar refractivity (Wildman–Crippen MR) is 158 cm³/mol. The number of H-pyrrole nitrogens is 1. The molecule has 1 N–H and O–H groups in total. The smallest absolute Gasteiger partial charge is 0.275 e. The molecule has 1 fully saturated rings. The molecule has 0 unspecified atom stereocenters. The van der Waals surface area contributed by atoms with Crippen molar-refractivity contribution in [3.8, 4) is 17.1 Å². The minimum absolute atomic E-state index is 0.261. The van der Waals surface area contributed by atoms with Gasteiger partial charge in [-0.25, -0.2) is 9.29 Å². The number of carbonyl (C=O) groups is 1. The first-order chi connectivity index (χ1) is 19.5. The van der Waals surface area contributed by atoms with Gasteiger partial charge in [-0.3, -0.25) is 9.59 Å². The highest BCUT2D eigenvalue weighted by atomic mass is 32.2. The predicted octanol–water partition coefficient (Wildman–Crippen LogP) is 6.16. The summed E-state index contributed by atoms with van der Waals surface area (Å²) in [6, 6.07) is 6.03. The Morgan fingerprint density at radius 2 is 1.98 bits per heavy atom. The lowest BCUT2D eigenvalue weighted by atomic mass is 9.93. The van der Waals surface area contributed by atoms with E-state index < -0.39 is 0 Å². The topological polar surface area (TPSA) is 119 Å². The van der Waals surface area contributed by atoms with Crippen LogP contribution in [0.25, 0.3) is 22.4 Å². The van der Waals surface area contributed by atoms with Crippen LogP contribution in [-0.2, 0) is 17.8 Å². The standard InChI is InChI=1S/C29H39N5O5S/c1-4-8-22-24(19-35)34(6-3)27-26(22)30-28(31-29(27)36)23-18-21(10-11-25(23)38-16-5-2)40-33-14-12-20(13-15-33)9-7-17-39-32-37/h10-11,18-20H,4-9,12-17H2,1-3H3,(H,30,31,36). The van der Waals surface area contributed by atoms with Crippen LogP contribution in [0.3, 0.4) is 0 Å². The third kappa shape index (κ3) is 6.75. The molecule has 0 atom stereocenters. The largest absolute Gasteiger partial charge is 0.493 e. The Labute approximate surface area is 238 Å². The molecule has 0 aliphatic carbocycles. The third-order valence-electron chi connectivity index (χ3n) is 7.36. The first kappa shape index (κ1) is 29.8. The number of fused-ring (bicyclic) bond motifs is 1. The summed E-state index contributed by atoms with van der Waals surface area (Å²) in [5.74, 6) is 1.74. The lowest BCUT2D eigenvalue weighted by molar-refractivity contribution is 0.111. The van der Waals surface area contributed by atoms with E-state index >= 15 is 0 Å². The fourth-order valence-corrected chi connectivity index (χ4v) is 6.41. The summed E-state index contributed by atoms with van der Waals surface area (Å²) in [7, 11) is 0. The molecule has 3 aromatic rings. The highest BCUT2D eigenvalue weighted by Gasteiger charge is 2.23. The van der Waals surface area contributed by atoms with Crippen LogP contribution in [-0.4, -0.2) is 51.4 Å². The SMILES string of the molecule is CCCOc1ccc(SN2CCC(CCCON=O)CC2)cc1-c1nc2c(CCC)c(C=O)n(CC)c2c(=O)[nH]1. The van der Waals surface area contributed by atoms with Gasteiger partial charge >= 0.3 is 0 Å². The van der Waals surface area contributed by atoms with E-state index in [1.807, 2.05) is 25.1 Å². The molecule has 1 aliphatic rings. The van der Waals surface area contributed by atoms with Gasteiger partial charge in [-0.15, -0.1) is 4.91 Å². The molecule has 11 heteroatoms. The van der Waals surface area contributed by atoms with Crippen LogP contribution >= 0.6 is 11.9 Å². The molecule has 4 rings (SSSR count). The Hall–Kier alpha value is -3.18. The van der Waals surface area contributed by atoms with Crippen molar-refractivity contribution in [2.75, 3.05) is 26.3 Å². The maximum absolute atomic E-state index is 13.4. The number of benzene rings is 1. The summed E-state index contributed by atoms with van der Waals surface area (Å²) in [4.78, 5) is 49.0. The van der Waals surface area contributed by atoms with Gasteiger partial charge in [0.1, 0.15) is 29.2 Å². The van der Waals surface area contributed by atoms with Crippen molar-refractivity contribution in [2.24, 2.45) is 11.3 Å². The Bertz CT molecular complexity index is 1360. The molecule has 2 aromatic heterocycles. The summed E-state index contributed by atoms with van der Waals surface area (Å²) in [5.41, 5.74) is 2.84. The van der Waals surface area contributed by atoms with Crippen molar-refractivity contribution in [1.29, 1.82) is 0 Å². The second kappa shape index (κ2) is 14.5. The second-order valence-electron chi connectivity index (χ2n) is 10.1. The van der Waals surface area contributed by atoms with Gasteiger partial charge < -0.3 is 19.1 Å². The van der Waals surface area contributed by atoms with Crippen molar-refractivity contribution in [3.05, 3.63) is 44.7 Å². The van der Waals surface area contributed by atoms with Crippen LogP contribution in [0.1, 0.15) is 75.3 Å². The van der Waals surface area contributed by atoms with Gasteiger partial charge in [0.05, 0.1) is 17.9 Å². The van der Waals surface area contributed by atoms with Crippen molar-refractivity contribution in [1.82, 2.24) is 18.8 Å². The molecule has 1 saturated heterocycles. The molecule has 0 bridgehead atoms. The Balaban J connectivity index is 1.63. The van der Waals surface area contributed by atoms with Gasteiger partial charge in [0, 0.05) is 30.1 Å². The second-order valence-corrected chi connectivity index (χ2v) is 11.3. The number of aromatic amines is 1. The number of carbonyl (C=O) groups excluding carboxylic acids is 1. The maximum Gasteiger partial charge on any atom is 0.275 e. The number of ether oxygens (including phenoxy) is 1. The summed E-state index contributed by atoms with van der Waals surface area (Å²) in [6.07, 6.45) is 7.25. The number of nitrogens with one attached hydrogen (secondary N) is 1. The first-order valence-corrected chi connectivity index (χ1v) is 15.1. The average Bonchev–Trinajstić information content (AvgIpc) is 3.28. The monoisotopic (exact) mass is 569 g/mol. The van der Waals surface area contributed by atoms with E-state index in [2.05, 4.69) is 33.3 Å². The average molecular weight is 570 g/mol. The van der Waals surface area contributed by atoms with Crippen molar-refractivity contribution in [3.63, 3.8) is 0 Å². The summed E-state index contributed by atoms with van der Waals surface area (Å²) >= 11 is 1.70. The molecular formula is C29H39N5O5S. The zero-order chi connectivity index (χ0) is 28.5. The molecule has 1 aromatic carbocycles. The third-order valence-corrected chi connectivity index (χ3v) is 8.44. The van der Waals surface area contributed by atoms with Crippen LogP contribution in [0.4, 0.5) is 0 Å². The van der Waals surface area contributed by atoms with Crippen LogP contribution in [0.15, 0.2) is 33.2 Å². The lowest BCUT2D eigenvalue weighted by Crippen LogP contribution is -2.28. The van der Waals surface area contributed by atoms with Crippen LogP contribution in [0.5, 0.6) is 5.75 Å². The maximum atomic E-state index is 13.4. The van der Waals surface area contributed by atoms with Gasteiger partial charge in [-0.2, -0.15) is 0 Å². The highest BCUT2D eigenvalue weighted by molar-refractivity contribution is 7.97. The van der Waals surface area contributed by atoms with Gasteiger partial charge in [0.25, 0.3) is 5.56 Å². The van der Waals surface area contributed by atoms with Gasteiger partial charge in [0.2, 0.25) is 0 Å². The van der Waals surface area contributed by atoms with Crippen LogP contribution in [0.2, 0.25) is 0 Å². The van der Waals surface area contributed by atoms with Gasteiger partial charge in [-0.1, -0.05) is 20.3 Å². The Kier molecular flexibility index (Phi) is 10.8.